The molecule has 1 saturated heterocycles. The molecule has 8 heteroatoms. The minimum atomic E-state index is -0.444. The number of halogens is 3. The minimum absolute atomic E-state index is 0. The molecule has 154 valence electrons. The highest BCUT2D eigenvalue weighted by Gasteiger charge is 2.31. The summed E-state index contributed by atoms with van der Waals surface area (Å²) in [7, 11) is 3.86. The molecule has 0 radical (unpaired) electrons. The van der Waals surface area contributed by atoms with Crippen molar-refractivity contribution in [2.75, 3.05) is 27.2 Å². The van der Waals surface area contributed by atoms with Crippen LogP contribution >= 0.6 is 35.3 Å². The Hall–Kier alpha value is -1.26. The monoisotopic (exact) mass is 520 g/mol. The molecular formula is C20H27F2IN4S. The lowest BCUT2D eigenvalue weighted by atomic mass is 9.88. The molecule has 1 aromatic carbocycles. The average Bonchev–Trinajstić information content (AvgIpc) is 3.18. The Morgan fingerprint density at radius 2 is 2.11 bits per heavy atom. The van der Waals surface area contributed by atoms with Crippen LogP contribution in [0, 0.1) is 17.6 Å². The fraction of sp³-hybridized carbons (Fsp3) is 0.450. The number of guanidine groups is 1. The number of aliphatic imine (C=N–C) groups is 1. The molecule has 2 aromatic rings. The molecule has 0 amide bonds. The van der Waals surface area contributed by atoms with Crippen LogP contribution in [0.2, 0.25) is 0 Å². The molecule has 2 atom stereocenters. The van der Waals surface area contributed by atoms with Crippen LogP contribution in [-0.4, -0.2) is 38.0 Å². The molecule has 1 fully saturated rings. The van der Waals surface area contributed by atoms with Crippen LogP contribution in [0.5, 0.6) is 0 Å². The summed E-state index contributed by atoms with van der Waals surface area (Å²) in [6, 6.07) is 8.16. The maximum absolute atomic E-state index is 13.8. The van der Waals surface area contributed by atoms with Crippen LogP contribution in [0.1, 0.15) is 29.3 Å². The first-order valence-corrected chi connectivity index (χ1v) is 10.1. The lowest BCUT2D eigenvalue weighted by molar-refractivity contribution is 0.125. The molecule has 1 aliphatic rings. The third-order valence-electron chi connectivity index (χ3n) is 5.05. The Kier molecular flexibility index (Phi) is 9.10. The van der Waals surface area contributed by atoms with Gasteiger partial charge in [0.2, 0.25) is 0 Å². The van der Waals surface area contributed by atoms with Crippen molar-refractivity contribution in [1.82, 2.24) is 15.5 Å². The van der Waals surface area contributed by atoms with Crippen LogP contribution in [0.3, 0.4) is 0 Å². The van der Waals surface area contributed by atoms with E-state index in [4.69, 9.17) is 0 Å². The smallest absolute Gasteiger partial charge is 0.191 e. The summed E-state index contributed by atoms with van der Waals surface area (Å²) in [5.74, 6) is 0.190. The number of piperidine rings is 1. The van der Waals surface area contributed by atoms with Crippen molar-refractivity contribution >= 4 is 41.3 Å². The van der Waals surface area contributed by atoms with E-state index in [-0.39, 0.29) is 36.1 Å². The summed E-state index contributed by atoms with van der Waals surface area (Å²) in [4.78, 5) is 8.01. The number of nitrogens with zero attached hydrogens (tertiary/aromatic N) is 2. The second kappa shape index (κ2) is 11.1. The van der Waals surface area contributed by atoms with E-state index in [1.54, 1.807) is 18.4 Å². The SMILES string of the molecule is CN=C(NCc1cc(F)ccc1F)NCC1CCCN(C)C1c1cccs1.I. The number of rotatable bonds is 5. The van der Waals surface area contributed by atoms with Crippen LogP contribution in [-0.2, 0) is 6.54 Å². The molecule has 0 bridgehead atoms. The Balaban J connectivity index is 0.00000280. The van der Waals surface area contributed by atoms with Gasteiger partial charge in [-0.05, 0) is 62.0 Å². The van der Waals surface area contributed by atoms with Gasteiger partial charge in [0.05, 0.1) is 0 Å². The maximum Gasteiger partial charge on any atom is 0.191 e. The normalized spacial score (nSPS) is 20.5. The van der Waals surface area contributed by atoms with Crippen molar-refractivity contribution < 1.29 is 8.78 Å². The van der Waals surface area contributed by atoms with E-state index in [2.05, 4.69) is 45.1 Å². The van der Waals surface area contributed by atoms with Crippen molar-refractivity contribution in [3.63, 3.8) is 0 Å². The van der Waals surface area contributed by atoms with Crippen molar-refractivity contribution in [1.29, 1.82) is 0 Å². The van der Waals surface area contributed by atoms with E-state index < -0.39 is 11.6 Å². The Morgan fingerprint density at radius 1 is 1.29 bits per heavy atom. The Labute approximate surface area is 186 Å². The van der Waals surface area contributed by atoms with Crippen LogP contribution in [0.25, 0.3) is 0 Å². The molecular weight excluding hydrogens is 493 g/mol. The summed E-state index contributed by atoms with van der Waals surface area (Å²) in [5, 5.41) is 8.55. The molecule has 0 aliphatic carbocycles. The molecule has 2 N–H and O–H groups in total. The van der Waals surface area contributed by atoms with Crippen molar-refractivity contribution in [2.45, 2.75) is 25.4 Å². The van der Waals surface area contributed by atoms with Gasteiger partial charge in [-0.1, -0.05) is 6.07 Å². The number of likely N-dealkylation sites (tertiary alicyclic amines) is 1. The van der Waals surface area contributed by atoms with Gasteiger partial charge < -0.3 is 10.6 Å². The van der Waals surface area contributed by atoms with Gasteiger partial charge in [0.25, 0.3) is 0 Å². The van der Waals surface area contributed by atoms with E-state index in [0.717, 1.165) is 31.6 Å². The van der Waals surface area contributed by atoms with Gasteiger partial charge in [-0.3, -0.25) is 9.89 Å². The van der Waals surface area contributed by atoms with Gasteiger partial charge in [-0.2, -0.15) is 0 Å². The fourth-order valence-corrected chi connectivity index (χ4v) is 4.67. The highest BCUT2D eigenvalue weighted by atomic mass is 127. The van der Waals surface area contributed by atoms with Crippen molar-refractivity contribution in [3.8, 4) is 0 Å². The average molecular weight is 520 g/mol. The van der Waals surface area contributed by atoms with Gasteiger partial charge in [-0.15, -0.1) is 35.3 Å². The minimum Gasteiger partial charge on any atom is -0.356 e. The quantitative estimate of drug-likeness (QED) is 0.349. The predicted molar refractivity (Wildman–Crippen MR) is 122 cm³/mol. The summed E-state index contributed by atoms with van der Waals surface area (Å²) in [6.07, 6.45) is 2.32. The van der Waals surface area contributed by atoms with E-state index in [1.165, 1.54) is 17.4 Å². The predicted octanol–water partition coefficient (Wildman–Crippen LogP) is 4.39. The van der Waals surface area contributed by atoms with E-state index in [9.17, 15) is 8.78 Å². The third kappa shape index (κ3) is 5.87. The highest BCUT2D eigenvalue weighted by molar-refractivity contribution is 14.0. The Morgan fingerprint density at radius 3 is 2.82 bits per heavy atom. The lowest BCUT2D eigenvalue weighted by Gasteiger charge is -2.39. The zero-order valence-electron chi connectivity index (χ0n) is 16.1. The van der Waals surface area contributed by atoms with E-state index in [0.29, 0.717) is 17.9 Å². The first-order chi connectivity index (χ1) is 13.1. The van der Waals surface area contributed by atoms with Gasteiger partial charge in [0.1, 0.15) is 11.6 Å². The van der Waals surface area contributed by atoms with Crippen LogP contribution in [0.4, 0.5) is 8.78 Å². The maximum atomic E-state index is 13.8. The zero-order valence-corrected chi connectivity index (χ0v) is 19.3. The van der Waals surface area contributed by atoms with E-state index in [1.807, 2.05) is 0 Å². The fourth-order valence-electron chi connectivity index (χ4n) is 3.69. The molecule has 4 nitrogen and oxygen atoms in total. The third-order valence-corrected chi connectivity index (χ3v) is 5.99. The Bertz CT molecular complexity index is 770. The number of benzene rings is 1. The number of hydrogen-bond donors (Lipinski definition) is 2. The lowest BCUT2D eigenvalue weighted by Crippen LogP contribution is -2.44. The van der Waals surface area contributed by atoms with Gasteiger partial charge in [-0.25, -0.2) is 8.78 Å². The van der Waals surface area contributed by atoms with E-state index >= 15 is 0 Å². The summed E-state index contributed by atoms with van der Waals surface area (Å²) in [5.41, 5.74) is 0.284. The summed E-state index contributed by atoms with van der Waals surface area (Å²) < 4.78 is 27.1. The zero-order chi connectivity index (χ0) is 19.2. The largest absolute Gasteiger partial charge is 0.356 e. The molecule has 2 heterocycles. The first-order valence-electron chi connectivity index (χ1n) is 9.20. The molecule has 1 aromatic heterocycles. The molecule has 28 heavy (non-hydrogen) atoms. The highest BCUT2D eigenvalue weighted by Crippen LogP contribution is 2.36. The summed E-state index contributed by atoms with van der Waals surface area (Å²) >= 11 is 1.79. The van der Waals surface area contributed by atoms with Crippen LogP contribution < -0.4 is 10.6 Å². The first kappa shape index (κ1) is 23.0. The van der Waals surface area contributed by atoms with Gasteiger partial charge >= 0.3 is 0 Å². The second-order valence-corrected chi connectivity index (χ2v) is 7.86. The van der Waals surface area contributed by atoms with Crippen molar-refractivity contribution in [2.24, 2.45) is 10.9 Å². The second-order valence-electron chi connectivity index (χ2n) is 6.89. The molecule has 0 saturated carbocycles. The number of hydrogen-bond acceptors (Lipinski definition) is 3. The topological polar surface area (TPSA) is 39.7 Å². The molecule has 0 spiro atoms. The van der Waals surface area contributed by atoms with Gasteiger partial charge in [0, 0.05) is 36.6 Å². The summed E-state index contributed by atoms with van der Waals surface area (Å²) in [6.45, 7) is 2.06. The standard InChI is InChI=1S/C20H26F2N4S.HI/c1-23-20(25-13-15-11-16(21)7-8-17(15)22)24-12-14-5-3-9-26(2)19(14)18-6-4-10-27-18;/h4,6-8,10-11,14,19H,3,5,9,12-13H2,1-2H3,(H2,23,24,25);1H. The molecule has 3 rings (SSSR count). The van der Waals surface area contributed by atoms with Gasteiger partial charge in [0.15, 0.2) is 5.96 Å². The molecule has 2 unspecified atom stereocenters. The van der Waals surface area contributed by atoms with Crippen molar-refractivity contribution in [3.05, 3.63) is 57.8 Å². The molecule has 1 aliphatic heterocycles. The number of thiophene rings is 1. The number of nitrogens with one attached hydrogen (secondary N) is 2. The van der Waals surface area contributed by atoms with Crippen LogP contribution in [0.15, 0.2) is 40.7 Å².